The number of nitrogens with two attached hydrogens (primary N) is 1. The van der Waals surface area contributed by atoms with Gasteiger partial charge in [0.15, 0.2) is 5.69 Å². The minimum absolute atomic E-state index is 0. The highest BCUT2D eigenvalue weighted by molar-refractivity contribution is 5.93. The van der Waals surface area contributed by atoms with Gasteiger partial charge in [-0.2, -0.15) is 0 Å². The van der Waals surface area contributed by atoms with Crippen LogP contribution in [0, 0.1) is 0 Å². The zero-order chi connectivity index (χ0) is 37.2. The summed E-state index contributed by atoms with van der Waals surface area (Å²) in [7, 11) is 0. The third kappa shape index (κ3) is 10.4. The van der Waals surface area contributed by atoms with Gasteiger partial charge in [0, 0.05) is 68.4 Å². The first-order chi connectivity index (χ1) is 25.7. The molecule has 14 heteroatoms. The number of amides is 1. The second kappa shape index (κ2) is 19.0. The maximum atomic E-state index is 12.5. The van der Waals surface area contributed by atoms with Crippen molar-refractivity contribution in [2.24, 2.45) is 5.73 Å². The van der Waals surface area contributed by atoms with Gasteiger partial charge in [0.2, 0.25) is 0 Å². The molecule has 0 aliphatic carbocycles. The lowest BCUT2D eigenvalue weighted by Gasteiger charge is -2.29. The highest BCUT2D eigenvalue weighted by Crippen LogP contribution is 2.21. The minimum Gasteiger partial charge on any atom is -0.476 e. The monoisotopic (exact) mass is 754 g/mol. The van der Waals surface area contributed by atoms with Crippen molar-refractivity contribution in [3.63, 3.8) is 0 Å². The molecular formula is C40H47ClN8O5. The van der Waals surface area contributed by atoms with Crippen molar-refractivity contribution in [2.75, 3.05) is 62.4 Å². The van der Waals surface area contributed by atoms with Crippen LogP contribution in [0.15, 0.2) is 110 Å². The van der Waals surface area contributed by atoms with Crippen molar-refractivity contribution in [3.05, 3.63) is 132 Å². The quantitative estimate of drug-likeness (QED) is 0.186. The van der Waals surface area contributed by atoms with Crippen LogP contribution >= 0.6 is 12.4 Å². The topological polar surface area (TPSA) is 152 Å². The number of pyridine rings is 2. The Morgan fingerprint density at radius 1 is 0.685 bits per heavy atom. The Bertz CT molecular complexity index is 2020. The molecule has 0 radical (unpaired) electrons. The molecule has 284 valence electrons. The number of carbonyl (C=O) groups is 2. The van der Waals surface area contributed by atoms with E-state index >= 15 is 0 Å². The summed E-state index contributed by atoms with van der Waals surface area (Å²) >= 11 is 0. The highest BCUT2D eigenvalue weighted by atomic mass is 35.5. The van der Waals surface area contributed by atoms with Crippen LogP contribution in [-0.4, -0.2) is 88.4 Å². The normalized spacial score (nSPS) is 15.2. The molecule has 0 spiro atoms. The molecule has 2 aliphatic heterocycles. The first kappa shape index (κ1) is 39.7. The molecule has 54 heavy (non-hydrogen) atoms. The molecule has 4 aromatic heterocycles. The molecule has 0 unspecified atom stereocenters. The van der Waals surface area contributed by atoms with Gasteiger partial charge in [0.1, 0.15) is 17.0 Å². The predicted octanol–water partition coefficient (Wildman–Crippen LogP) is 5.66. The van der Waals surface area contributed by atoms with E-state index in [1.807, 2.05) is 54.8 Å². The van der Waals surface area contributed by atoms with Crippen molar-refractivity contribution < 1.29 is 24.2 Å². The molecule has 2 aliphatic rings. The van der Waals surface area contributed by atoms with Gasteiger partial charge < -0.3 is 44.2 Å². The number of carboxylic acids is 1. The molecule has 2 fully saturated rings. The van der Waals surface area contributed by atoms with E-state index in [1.165, 1.54) is 23.1 Å². The fourth-order valence-corrected chi connectivity index (χ4v) is 6.04. The van der Waals surface area contributed by atoms with Crippen molar-refractivity contribution in [1.29, 1.82) is 0 Å². The van der Waals surface area contributed by atoms with Gasteiger partial charge in [0.05, 0.1) is 32.5 Å². The van der Waals surface area contributed by atoms with E-state index in [9.17, 15) is 9.59 Å². The second-order valence-corrected chi connectivity index (χ2v) is 12.9. The van der Waals surface area contributed by atoms with Gasteiger partial charge in [0.25, 0.3) is 5.91 Å². The molecule has 6 aromatic rings. The average molecular weight is 755 g/mol. The van der Waals surface area contributed by atoms with E-state index in [2.05, 4.69) is 73.6 Å². The number of nitrogens with one attached hydrogen (secondary N) is 1. The summed E-state index contributed by atoms with van der Waals surface area (Å²) in [5, 5.41) is 11.6. The molecular weight excluding hydrogens is 708 g/mol. The van der Waals surface area contributed by atoms with E-state index < -0.39 is 5.97 Å². The van der Waals surface area contributed by atoms with Crippen molar-refractivity contribution in [2.45, 2.75) is 25.9 Å². The SMILES string of the molecule is C[C@@H](N)c1ccc(N2CCOCC2)cc1.C[C@@H](NC(=O)c1cn2ccccc2n1)c1ccc(N2CCOCC2)cc1.Cl.O=C(O)c1cn2ccccc2n1. The number of rotatable bonds is 7. The van der Waals surface area contributed by atoms with Crippen LogP contribution in [0.5, 0.6) is 0 Å². The number of nitrogens with zero attached hydrogens (tertiary/aromatic N) is 6. The number of carboxylic acid groups (broad SMARTS) is 1. The molecule has 2 aromatic carbocycles. The van der Waals surface area contributed by atoms with Gasteiger partial charge in [-0.25, -0.2) is 14.8 Å². The van der Waals surface area contributed by atoms with Crippen molar-refractivity contribution in [1.82, 2.24) is 24.1 Å². The molecule has 8 rings (SSSR count). The zero-order valence-corrected chi connectivity index (χ0v) is 31.3. The van der Waals surface area contributed by atoms with Crippen molar-refractivity contribution in [3.8, 4) is 0 Å². The Hall–Kier alpha value is -5.47. The summed E-state index contributed by atoms with van der Waals surface area (Å²) in [5.74, 6) is -1.17. The summed E-state index contributed by atoms with van der Waals surface area (Å²) in [6.07, 6.45) is 6.87. The summed E-state index contributed by atoms with van der Waals surface area (Å²) in [6.45, 7) is 11.0. The van der Waals surface area contributed by atoms with Gasteiger partial charge >= 0.3 is 5.97 Å². The maximum Gasteiger partial charge on any atom is 0.356 e. The third-order valence-electron chi connectivity index (χ3n) is 9.09. The van der Waals surface area contributed by atoms with Crippen LogP contribution in [0.3, 0.4) is 0 Å². The van der Waals surface area contributed by atoms with Gasteiger partial charge in [-0.1, -0.05) is 36.4 Å². The van der Waals surface area contributed by atoms with Crippen LogP contribution in [0.4, 0.5) is 11.4 Å². The van der Waals surface area contributed by atoms with Crippen LogP contribution < -0.4 is 20.9 Å². The lowest BCUT2D eigenvalue weighted by atomic mass is 10.1. The van der Waals surface area contributed by atoms with Crippen LogP contribution in [0.25, 0.3) is 11.3 Å². The average Bonchev–Trinajstić information content (AvgIpc) is 3.85. The predicted molar refractivity (Wildman–Crippen MR) is 212 cm³/mol. The number of aromatic carboxylic acids is 1. The van der Waals surface area contributed by atoms with E-state index in [0.29, 0.717) is 11.3 Å². The number of benzene rings is 2. The Kier molecular flexibility index (Phi) is 14.0. The Morgan fingerprint density at radius 3 is 1.57 bits per heavy atom. The number of halogens is 1. The number of ether oxygens (including phenoxy) is 2. The Labute approximate surface area is 320 Å². The highest BCUT2D eigenvalue weighted by Gasteiger charge is 2.16. The maximum absolute atomic E-state index is 12.5. The van der Waals surface area contributed by atoms with Crippen LogP contribution in [0.1, 0.15) is 58.0 Å². The van der Waals surface area contributed by atoms with Gasteiger partial charge in [-0.15, -0.1) is 12.4 Å². The lowest BCUT2D eigenvalue weighted by Crippen LogP contribution is -2.36. The van der Waals surface area contributed by atoms with Crippen LogP contribution in [0.2, 0.25) is 0 Å². The molecule has 0 saturated carbocycles. The number of carbonyl (C=O) groups excluding carboxylic acids is 1. The number of imidazole rings is 2. The summed E-state index contributed by atoms with van der Waals surface area (Å²) in [4.78, 5) is 35.9. The zero-order valence-electron chi connectivity index (χ0n) is 30.5. The van der Waals surface area contributed by atoms with Gasteiger partial charge in [-0.3, -0.25) is 4.79 Å². The summed E-state index contributed by atoms with van der Waals surface area (Å²) < 4.78 is 14.2. The number of hydrogen-bond donors (Lipinski definition) is 3. The Morgan fingerprint density at radius 2 is 1.13 bits per heavy atom. The number of fused-ring (bicyclic) bond motifs is 2. The van der Waals surface area contributed by atoms with E-state index in [4.69, 9.17) is 20.3 Å². The van der Waals surface area contributed by atoms with E-state index in [-0.39, 0.29) is 36.1 Å². The summed E-state index contributed by atoms with van der Waals surface area (Å²) in [5.41, 5.74) is 12.4. The molecule has 13 nitrogen and oxygen atoms in total. The van der Waals surface area contributed by atoms with Crippen LogP contribution in [-0.2, 0) is 9.47 Å². The van der Waals surface area contributed by atoms with Gasteiger partial charge in [-0.05, 0) is 73.5 Å². The molecule has 4 N–H and O–H groups in total. The smallest absolute Gasteiger partial charge is 0.356 e. The van der Waals surface area contributed by atoms with Crippen molar-refractivity contribution >= 4 is 47.0 Å². The number of morpholine rings is 2. The molecule has 2 atom stereocenters. The first-order valence-corrected chi connectivity index (χ1v) is 17.8. The molecule has 1 amide bonds. The summed E-state index contributed by atoms with van der Waals surface area (Å²) in [6, 6.07) is 28.0. The van der Waals surface area contributed by atoms with E-state index in [0.717, 1.165) is 63.8 Å². The third-order valence-corrected chi connectivity index (χ3v) is 9.09. The fraction of sp³-hybridized carbons (Fsp3) is 0.300. The van der Waals surface area contributed by atoms with E-state index in [1.54, 1.807) is 22.9 Å². The first-order valence-electron chi connectivity index (χ1n) is 17.8. The molecule has 2 saturated heterocycles. The number of aromatic nitrogens is 4. The fourth-order valence-electron chi connectivity index (χ4n) is 6.04. The second-order valence-electron chi connectivity index (χ2n) is 12.9. The number of anilines is 2. The molecule has 6 heterocycles. The molecule has 0 bridgehead atoms. The minimum atomic E-state index is -1.00. The number of hydrogen-bond acceptors (Lipinski definition) is 9. The lowest BCUT2D eigenvalue weighted by molar-refractivity contribution is 0.0691. The Balaban J connectivity index is 0.000000170. The largest absolute Gasteiger partial charge is 0.476 e. The standard InChI is InChI=1S/C20H22N4O2.C12H18N2O.C8H6N2O2.ClH/c1-15(16-5-7-17(8-6-16)23-10-12-26-13-11-23)21-20(25)18-14-24-9-3-2-4-19(24)22-18;1-10(13)11-2-4-12(5-3-11)14-6-8-15-9-7-14;11-8(12)6-5-10-4-2-1-3-7(10)9-6;/h2-9,14-15H,10-13H2,1H3,(H,21,25);2-5,10H,6-9,13H2,1H3;1-5H,(H,11,12);1H/t15-;10-;;/m11../s1.